The first kappa shape index (κ1) is 12.6. The number of rotatable bonds is 8. The van der Waals surface area contributed by atoms with Gasteiger partial charge in [0.2, 0.25) is 6.29 Å². The SMILES string of the molecule is CCCCCC(O)CC(O)C[C]=O. The van der Waals surface area contributed by atoms with Gasteiger partial charge in [0, 0.05) is 6.42 Å². The van der Waals surface area contributed by atoms with E-state index in [-0.39, 0.29) is 6.42 Å². The van der Waals surface area contributed by atoms with Crippen molar-refractivity contribution in [3.8, 4) is 0 Å². The van der Waals surface area contributed by atoms with Crippen LogP contribution in [0.2, 0.25) is 0 Å². The Balaban J connectivity index is 3.37. The van der Waals surface area contributed by atoms with Gasteiger partial charge >= 0.3 is 0 Å². The average molecular weight is 187 g/mol. The third-order valence-corrected chi connectivity index (χ3v) is 2.00. The van der Waals surface area contributed by atoms with E-state index in [1.54, 1.807) is 6.29 Å². The first-order valence-corrected chi connectivity index (χ1v) is 4.91. The molecule has 0 fully saturated rings. The molecule has 77 valence electrons. The summed E-state index contributed by atoms with van der Waals surface area (Å²) in [5, 5.41) is 18.5. The molecule has 0 saturated carbocycles. The molecule has 0 aromatic carbocycles. The summed E-state index contributed by atoms with van der Waals surface area (Å²) in [6, 6.07) is 0. The molecule has 2 atom stereocenters. The van der Waals surface area contributed by atoms with Crippen molar-refractivity contribution < 1.29 is 15.0 Å². The molecule has 0 aliphatic carbocycles. The minimum absolute atomic E-state index is 0.00480. The molecule has 0 amide bonds. The van der Waals surface area contributed by atoms with Crippen LogP contribution in [0.1, 0.15) is 45.4 Å². The van der Waals surface area contributed by atoms with Gasteiger partial charge in [-0.1, -0.05) is 26.2 Å². The second kappa shape index (κ2) is 8.20. The van der Waals surface area contributed by atoms with Crippen molar-refractivity contribution in [2.24, 2.45) is 0 Å². The number of aliphatic hydroxyl groups excluding tert-OH is 2. The monoisotopic (exact) mass is 187 g/mol. The average Bonchev–Trinajstić information content (AvgIpc) is 2.05. The molecule has 0 heterocycles. The molecule has 3 nitrogen and oxygen atoms in total. The summed E-state index contributed by atoms with van der Waals surface area (Å²) in [5.41, 5.74) is 0. The second-order valence-corrected chi connectivity index (χ2v) is 3.39. The summed E-state index contributed by atoms with van der Waals surface area (Å²) >= 11 is 0. The van der Waals surface area contributed by atoms with E-state index in [2.05, 4.69) is 6.92 Å². The molecule has 0 spiro atoms. The molecule has 0 saturated heterocycles. The first-order chi connectivity index (χ1) is 6.20. The van der Waals surface area contributed by atoms with E-state index in [0.717, 1.165) is 19.3 Å². The van der Waals surface area contributed by atoms with Gasteiger partial charge in [-0.25, -0.2) is 0 Å². The van der Waals surface area contributed by atoms with E-state index in [0.29, 0.717) is 12.8 Å². The van der Waals surface area contributed by atoms with E-state index < -0.39 is 12.2 Å². The fourth-order valence-corrected chi connectivity index (χ4v) is 1.24. The summed E-state index contributed by atoms with van der Waals surface area (Å²) in [7, 11) is 0. The quantitative estimate of drug-likeness (QED) is 0.561. The Kier molecular flexibility index (Phi) is 7.94. The number of hydrogen-bond donors (Lipinski definition) is 2. The Morgan fingerprint density at radius 1 is 1.23 bits per heavy atom. The van der Waals surface area contributed by atoms with Crippen LogP contribution in [0.25, 0.3) is 0 Å². The largest absolute Gasteiger partial charge is 0.393 e. The molecule has 2 unspecified atom stereocenters. The fraction of sp³-hybridized carbons (Fsp3) is 0.900. The summed E-state index contributed by atoms with van der Waals surface area (Å²) in [6.07, 6.45) is 4.64. The van der Waals surface area contributed by atoms with Crippen molar-refractivity contribution >= 4 is 6.29 Å². The fourth-order valence-electron chi connectivity index (χ4n) is 1.24. The summed E-state index contributed by atoms with van der Waals surface area (Å²) in [4.78, 5) is 9.89. The van der Waals surface area contributed by atoms with Crippen molar-refractivity contribution in [2.45, 2.75) is 57.7 Å². The highest BCUT2D eigenvalue weighted by Gasteiger charge is 2.10. The van der Waals surface area contributed by atoms with Crippen LogP contribution >= 0.6 is 0 Å². The standard InChI is InChI=1S/C10H19O3/c1-2-3-4-5-9(12)8-10(13)6-7-11/h9-10,12-13H,2-6,8H2,1H3. The summed E-state index contributed by atoms with van der Waals surface area (Å²) in [6.45, 7) is 2.10. The van der Waals surface area contributed by atoms with Crippen LogP contribution in [-0.2, 0) is 4.79 Å². The predicted octanol–water partition coefficient (Wildman–Crippen LogP) is 1.18. The van der Waals surface area contributed by atoms with Crippen LogP contribution in [0.3, 0.4) is 0 Å². The summed E-state index contributed by atoms with van der Waals surface area (Å²) < 4.78 is 0. The van der Waals surface area contributed by atoms with Gasteiger partial charge in [-0.2, -0.15) is 0 Å². The van der Waals surface area contributed by atoms with Crippen molar-refractivity contribution in [3.05, 3.63) is 0 Å². The topological polar surface area (TPSA) is 57.5 Å². The zero-order valence-corrected chi connectivity index (χ0v) is 8.20. The molecule has 0 rings (SSSR count). The van der Waals surface area contributed by atoms with Gasteiger partial charge in [0.15, 0.2) is 0 Å². The van der Waals surface area contributed by atoms with Gasteiger partial charge in [0.05, 0.1) is 12.2 Å². The van der Waals surface area contributed by atoms with Crippen molar-refractivity contribution in [3.63, 3.8) is 0 Å². The molecule has 0 bridgehead atoms. The lowest BCUT2D eigenvalue weighted by Gasteiger charge is -2.12. The highest BCUT2D eigenvalue weighted by molar-refractivity contribution is 5.51. The molecule has 3 heteroatoms. The minimum Gasteiger partial charge on any atom is -0.393 e. The van der Waals surface area contributed by atoms with Crippen molar-refractivity contribution in [2.75, 3.05) is 0 Å². The lowest BCUT2D eigenvalue weighted by molar-refractivity contribution is 0.0776. The van der Waals surface area contributed by atoms with Crippen LogP contribution in [0.5, 0.6) is 0 Å². The second-order valence-electron chi connectivity index (χ2n) is 3.39. The predicted molar refractivity (Wildman–Crippen MR) is 51.1 cm³/mol. The Morgan fingerprint density at radius 2 is 1.92 bits per heavy atom. The van der Waals surface area contributed by atoms with Gasteiger partial charge < -0.3 is 10.2 Å². The van der Waals surface area contributed by atoms with E-state index in [1.165, 1.54) is 0 Å². The van der Waals surface area contributed by atoms with Crippen LogP contribution in [-0.4, -0.2) is 28.7 Å². The van der Waals surface area contributed by atoms with Gasteiger partial charge in [-0.3, -0.25) is 4.79 Å². The van der Waals surface area contributed by atoms with Crippen LogP contribution in [0, 0.1) is 0 Å². The third kappa shape index (κ3) is 7.94. The molecule has 0 aromatic heterocycles. The Bertz CT molecular complexity index is 125. The highest BCUT2D eigenvalue weighted by atomic mass is 16.3. The van der Waals surface area contributed by atoms with Gasteiger partial charge in [0.1, 0.15) is 0 Å². The van der Waals surface area contributed by atoms with Crippen LogP contribution < -0.4 is 0 Å². The number of carbonyl (C=O) groups excluding carboxylic acids is 1. The number of hydrogen-bond acceptors (Lipinski definition) is 3. The maximum Gasteiger partial charge on any atom is 0.201 e. The van der Waals surface area contributed by atoms with E-state index in [9.17, 15) is 9.90 Å². The molecule has 0 aliphatic rings. The van der Waals surface area contributed by atoms with Gasteiger partial charge in [-0.05, 0) is 12.8 Å². The highest BCUT2D eigenvalue weighted by Crippen LogP contribution is 2.09. The molecule has 13 heavy (non-hydrogen) atoms. The maximum atomic E-state index is 9.89. The normalized spacial score (nSPS) is 15.3. The van der Waals surface area contributed by atoms with Crippen molar-refractivity contribution in [1.82, 2.24) is 0 Å². The van der Waals surface area contributed by atoms with E-state index in [1.807, 2.05) is 0 Å². The lowest BCUT2D eigenvalue weighted by atomic mass is 10.0. The molecule has 2 N–H and O–H groups in total. The smallest absolute Gasteiger partial charge is 0.201 e. The molecule has 0 aromatic rings. The maximum absolute atomic E-state index is 9.89. The molecule has 0 aliphatic heterocycles. The Labute approximate surface area is 79.8 Å². The third-order valence-electron chi connectivity index (χ3n) is 2.00. The zero-order valence-electron chi connectivity index (χ0n) is 8.20. The van der Waals surface area contributed by atoms with Crippen LogP contribution in [0.4, 0.5) is 0 Å². The minimum atomic E-state index is -0.728. The first-order valence-electron chi connectivity index (χ1n) is 4.91. The molecular weight excluding hydrogens is 168 g/mol. The van der Waals surface area contributed by atoms with Crippen molar-refractivity contribution in [1.29, 1.82) is 0 Å². The zero-order chi connectivity index (χ0) is 10.1. The van der Waals surface area contributed by atoms with E-state index >= 15 is 0 Å². The molecule has 1 radical (unpaired) electrons. The lowest BCUT2D eigenvalue weighted by Crippen LogP contribution is -2.17. The Morgan fingerprint density at radius 3 is 2.46 bits per heavy atom. The van der Waals surface area contributed by atoms with E-state index in [4.69, 9.17) is 5.11 Å². The molecular formula is C10H19O3. The summed E-state index contributed by atoms with van der Waals surface area (Å²) in [5.74, 6) is 0. The van der Waals surface area contributed by atoms with Gasteiger partial charge in [-0.15, -0.1) is 0 Å². The van der Waals surface area contributed by atoms with Gasteiger partial charge in [0.25, 0.3) is 0 Å². The number of unbranched alkanes of at least 4 members (excludes halogenated alkanes) is 2. The van der Waals surface area contributed by atoms with Crippen LogP contribution in [0.15, 0.2) is 0 Å². The Hall–Kier alpha value is -0.410. The number of aliphatic hydroxyl groups is 2.